The maximum Gasteiger partial charge on any atom is 0.417 e. The van der Waals surface area contributed by atoms with E-state index in [1.807, 2.05) is 0 Å². The maximum absolute atomic E-state index is 12.8. The third-order valence-electron chi connectivity index (χ3n) is 2.45. The van der Waals surface area contributed by atoms with Crippen LogP contribution in [0.2, 0.25) is 5.02 Å². The van der Waals surface area contributed by atoms with Gasteiger partial charge >= 0.3 is 6.18 Å². The van der Waals surface area contributed by atoms with Crippen molar-refractivity contribution >= 4 is 27.5 Å². The zero-order valence-electron chi connectivity index (χ0n) is 8.93. The third-order valence-corrected chi connectivity index (χ3v) is 3.39. The molecule has 0 N–H and O–H groups in total. The van der Waals surface area contributed by atoms with Gasteiger partial charge in [-0.2, -0.15) is 13.2 Å². The zero-order valence-corrected chi connectivity index (χ0v) is 11.3. The highest BCUT2D eigenvalue weighted by Crippen LogP contribution is 2.37. The van der Waals surface area contributed by atoms with Crippen LogP contribution in [-0.4, -0.2) is 0 Å². The van der Waals surface area contributed by atoms with Gasteiger partial charge in [0.15, 0.2) is 0 Å². The lowest BCUT2D eigenvalue weighted by molar-refractivity contribution is -0.138. The zero-order chi connectivity index (χ0) is 13.3. The Kier molecular flexibility index (Phi) is 3.69. The highest BCUT2D eigenvalue weighted by atomic mass is 79.9. The molecule has 0 radical (unpaired) electrons. The molecule has 0 spiro atoms. The van der Waals surface area contributed by atoms with Gasteiger partial charge in [-0.25, -0.2) is 0 Å². The molecule has 0 aliphatic heterocycles. The molecule has 0 aliphatic carbocycles. The van der Waals surface area contributed by atoms with Crippen molar-refractivity contribution in [3.63, 3.8) is 0 Å². The van der Waals surface area contributed by atoms with Crippen molar-refractivity contribution in [2.45, 2.75) is 6.18 Å². The van der Waals surface area contributed by atoms with Gasteiger partial charge in [0.25, 0.3) is 0 Å². The summed E-state index contributed by atoms with van der Waals surface area (Å²) in [6.45, 7) is 0. The molecule has 94 valence electrons. The summed E-state index contributed by atoms with van der Waals surface area (Å²) in [4.78, 5) is 0. The highest BCUT2D eigenvalue weighted by Gasteiger charge is 2.33. The second-order valence-corrected chi connectivity index (χ2v) is 4.99. The van der Waals surface area contributed by atoms with E-state index in [1.54, 1.807) is 30.3 Å². The molecular formula is C13H7BrClF3. The molecule has 18 heavy (non-hydrogen) atoms. The lowest BCUT2D eigenvalue weighted by atomic mass is 10.0. The molecule has 0 aromatic heterocycles. The Morgan fingerprint density at radius 2 is 1.44 bits per heavy atom. The van der Waals surface area contributed by atoms with E-state index in [9.17, 15) is 13.2 Å². The molecule has 2 aromatic carbocycles. The molecule has 2 aromatic rings. The average molecular weight is 336 g/mol. The Balaban J connectivity index is 2.50. The molecule has 0 saturated carbocycles. The van der Waals surface area contributed by atoms with Crippen LogP contribution < -0.4 is 0 Å². The summed E-state index contributed by atoms with van der Waals surface area (Å²) in [5, 5.41) is 0.548. The van der Waals surface area contributed by atoms with E-state index in [0.717, 1.165) is 6.07 Å². The standard InChI is InChI=1S/C13H7BrClF3/c14-12-6-3-9(7-11(12)13(16,17)18)8-1-4-10(15)5-2-8/h1-7H. The van der Waals surface area contributed by atoms with Crippen LogP contribution in [0.15, 0.2) is 46.9 Å². The van der Waals surface area contributed by atoms with E-state index in [1.165, 1.54) is 6.07 Å². The number of hydrogen-bond acceptors (Lipinski definition) is 0. The predicted molar refractivity (Wildman–Crippen MR) is 69.6 cm³/mol. The summed E-state index contributed by atoms with van der Waals surface area (Å²) in [6, 6.07) is 10.8. The highest BCUT2D eigenvalue weighted by molar-refractivity contribution is 9.10. The minimum absolute atomic E-state index is 0.0349. The predicted octanol–water partition coefficient (Wildman–Crippen LogP) is 5.79. The first-order valence-corrected chi connectivity index (χ1v) is 6.18. The number of hydrogen-bond donors (Lipinski definition) is 0. The summed E-state index contributed by atoms with van der Waals surface area (Å²) in [6.07, 6.45) is -4.37. The summed E-state index contributed by atoms with van der Waals surface area (Å²) in [5.41, 5.74) is 0.509. The molecule has 0 nitrogen and oxygen atoms in total. The number of alkyl halides is 3. The van der Waals surface area contributed by atoms with Crippen molar-refractivity contribution in [3.8, 4) is 11.1 Å². The van der Waals surface area contributed by atoms with E-state index >= 15 is 0 Å². The first-order valence-electron chi connectivity index (χ1n) is 5.00. The Labute approximate surface area is 116 Å². The minimum Gasteiger partial charge on any atom is -0.166 e. The molecule has 0 fully saturated rings. The summed E-state index contributed by atoms with van der Waals surface area (Å²) in [7, 11) is 0. The summed E-state index contributed by atoms with van der Waals surface area (Å²) >= 11 is 8.65. The lowest BCUT2D eigenvalue weighted by Crippen LogP contribution is -2.06. The molecule has 5 heteroatoms. The Morgan fingerprint density at radius 1 is 0.889 bits per heavy atom. The summed E-state index contributed by atoms with van der Waals surface area (Å²) in [5.74, 6) is 0. The fourth-order valence-electron chi connectivity index (χ4n) is 1.56. The van der Waals surface area contributed by atoms with Crippen molar-refractivity contribution in [1.82, 2.24) is 0 Å². The lowest BCUT2D eigenvalue weighted by Gasteiger charge is -2.11. The molecule has 0 amide bonds. The van der Waals surface area contributed by atoms with E-state index in [4.69, 9.17) is 11.6 Å². The number of benzene rings is 2. The molecular weight excluding hydrogens is 328 g/mol. The van der Waals surface area contributed by atoms with Gasteiger partial charge in [0.1, 0.15) is 0 Å². The van der Waals surface area contributed by atoms with Crippen molar-refractivity contribution in [2.24, 2.45) is 0 Å². The van der Waals surface area contributed by atoms with Crippen LogP contribution in [-0.2, 0) is 6.18 Å². The Morgan fingerprint density at radius 3 is 2.00 bits per heavy atom. The Bertz CT molecular complexity index is 561. The quantitative estimate of drug-likeness (QED) is 0.619. The first-order chi connectivity index (χ1) is 8.38. The van der Waals surface area contributed by atoms with E-state index in [-0.39, 0.29) is 4.47 Å². The molecule has 0 saturated heterocycles. The topological polar surface area (TPSA) is 0 Å². The number of halogens is 5. The van der Waals surface area contributed by atoms with Crippen molar-refractivity contribution in [2.75, 3.05) is 0 Å². The summed E-state index contributed by atoms with van der Waals surface area (Å²) < 4.78 is 38.3. The van der Waals surface area contributed by atoms with E-state index in [2.05, 4.69) is 15.9 Å². The monoisotopic (exact) mass is 334 g/mol. The molecule has 0 atom stereocenters. The van der Waals surface area contributed by atoms with Crippen molar-refractivity contribution < 1.29 is 13.2 Å². The number of rotatable bonds is 1. The SMILES string of the molecule is FC(F)(F)c1cc(-c2ccc(Cl)cc2)ccc1Br. The minimum atomic E-state index is -4.37. The van der Waals surface area contributed by atoms with Crippen LogP contribution in [0.25, 0.3) is 11.1 Å². The van der Waals surface area contributed by atoms with Gasteiger partial charge in [-0.05, 0) is 35.4 Å². The average Bonchev–Trinajstić information content (AvgIpc) is 2.29. The van der Waals surface area contributed by atoms with Crippen LogP contribution in [0, 0.1) is 0 Å². The van der Waals surface area contributed by atoms with Crippen molar-refractivity contribution in [1.29, 1.82) is 0 Å². The fraction of sp³-hybridized carbons (Fsp3) is 0.0769. The second-order valence-electron chi connectivity index (χ2n) is 3.70. The van der Waals surface area contributed by atoms with Gasteiger partial charge in [-0.1, -0.05) is 45.7 Å². The van der Waals surface area contributed by atoms with Crippen LogP contribution in [0.5, 0.6) is 0 Å². The largest absolute Gasteiger partial charge is 0.417 e. The van der Waals surface area contributed by atoms with Crippen LogP contribution in [0.4, 0.5) is 13.2 Å². The van der Waals surface area contributed by atoms with E-state index in [0.29, 0.717) is 16.1 Å². The van der Waals surface area contributed by atoms with Crippen LogP contribution in [0.3, 0.4) is 0 Å². The first kappa shape index (κ1) is 13.4. The molecule has 0 unspecified atom stereocenters. The van der Waals surface area contributed by atoms with Gasteiger partial charge < -0.3 is 0 Å². The molecule has 2 rings (SSSR count). The van der Waals surface area contributed by atoms with Gasteiger partial charge in [-0.3, -0.25) is 0 Å². The normalized spacial score (nSPS) is 11.6. The molecule has 0 aliphatic rings. The van der Waals surface area contributed by atoms with Crippen LogP contribution >= 0.6 is 27.5 Å². The van der Waals surface area contributed by atoms with Crippen LogP contribution in [0.1, 0.15) is 5.56 Å². The van der Waals surface area contributed by atoms with E-state index < -0.39 is 11.7 Å². The second kappa shape index (κ2) is 4.94. The third kappa shape index (κ3) is 2.87. The van der Waals surface area contributed by atoms with Gasteiger partial charge in [0.05, 0.1) is 5.56 Å². The fourth-order valence-corrected chi connectivity index (χ4v) is 2.16. The molecule has 0 bridgehead atoms. The molecule has 0 heterocycles. The van der Waals surface area contributed by atoms with Gasteiger partial charge in [0.2, 0.25) is 0 Å². The maximum atomic E-state index is 12.8. The Hall–Kier alpha value is -1.00. The smallest absolute Gasteiger partial charge is 0.166 e. The van der Waals surface area contributed by atoms with Crippen molar-refractivity contribution in [3.05, 3.63) is 57.5 Å². The van der Waals surface area contributed by atoms with Gasteiger partial charge in [-0.15, -0.1) is 0 Å². The van der Waals surface area contributed by atoms with Gasteiger partial charge in [0, 0.05) is 9.50 Å².